The van der Waals surface area contributed by atoms with E-state index in [1.165, 1.54) is 28.8 Å². The molecule has 2 N–H and O–H groups in total. The van der Waals surface area contributed by atoms with Gasteiger partial charge in [-0.05, 0) is 104 Å². The lowest BCUT2D eigenvalue weighted by molar-refractivity contribution is -0.386. The summed E-state index contributed by atoms with van der Waals surface area (Å²) >= 11 is 6.25. The van der Waals surface area contributed by atoms with E-state index in [4.69, 9.17) is 21.3 Å². The van der Waals surface area contributed by atoms with E-state index in [-0.39, 0.29) is 22.8 Å². The average molecular weight is 878 g/mol. The Bertz CT molecular complexity index is 2850. The molecule has 322 valence electrons. The largest absolute Gasteiger partial charge is 0.482 e. The number of carbonyl (C=O) groups excluding carboxylic acids is 1. The number of likely N-dealkylation sites (N-methyl/N-ethyl adjacent to an activating group) is 1. The van der Waals surface area contributed by atoms with Gasteiger partial charge in [-0.15, -0.1) is 0 Å². The van der Waals surface area contributed by atoms with Crippen LogP contribution in [0.2, 0.25) is 5.02 Å². The maximum absolute atomic E-state index is 14.2. The van der Waals surface area contributed by atoms with Crippen molar-refractivity contribution in [2.75, 3.05) is 57.8 Å². The Morgan fingerprint density at radius 2 is 1.82 bits per heavy atom. The van der Waals surface area contributed by atoms with Gasteiger partial charge in [0.2, 0.25) is 0 Å². The Morgan fingerprint density at radius 1 is 1.03 bits per heavy atom. The molecule has 2 fully saturated rings. The summed E-state index contributed by atoms with van der Waals surface area (Å²) in [5.41, 5.74) is 6.95. The van der Waals surface area contributed by atoms with Gasteiger partial charge in [-0.25, -0.2) is 22.8 Å². The van der Waals surface area contributed by atoms with Crippen LogP contribution in [0.5, 0.6) is 5.75 Å². The summed E-state index contributed by atoms with van der Waals surface area (Å²) in [6.07, 6.45) is 7.00. The van der Waals surface area contributed by atoms with Crippen LogP contribution >= 0.6 is 11.6 Å². The first-order chi connectivity index (χ1) is 29.7. The maximum Gasteiger partial charge on any atom is 0.312 e. The molecule has 6 aromatic rings. The van der Waals surface area contributed by atoms with E-state index in [0.717, 1.165) is 80.7 Å². The number of pyridine rings is 1. The number of anilines is 1. The van der Waals surface area contributed by atoms with Crippen LogP contribution in [0.4, 0.5) is 11.4 Å². The van der Waals surface area contributed by atoms with Crippen LogP contribution in [-0.2, 0) is 10.0 Å². The van der Waals surface area contributed by atoms with Crippen molar-refractivity contribution in [1.29, 1.82) is 0 Å². The first-order valence-electron chi connectivity index (χ1n) is 20.8. The Hall–Kier alpha value is -5.81. The summed E-state index contributed by atoms with van der Waals surface area (Å²) in [5, 5.41) is 18.3. The number of aromatic amines is 1. The highest BCUT2D eigenvalue weighted by molar-refractivity contribution is 7.90. The minimum absolute atomic E-state index is 0.0345. The molecule has 17 heteroatoms. The summed E-state index contributed by atoms with van der Waals surface area (Å²) in [4.78, 5) is 39.8. The number of aromatic nitrogens is 4. The molecule has 0 spiro atoms. The minimum atomic E-state index is -4.58. The fraction of sp³-hybridized carbons (Fsp3) is 0.356. The molecule has 2 saturated heterocycles. The van der Waals surface area contributed by atoms with E-state index in [1.807, 2.05) is 48.3 Å². The second kappa shape index (κ2) is 16.5. The van der Waals surface area contributed by atoms with Gasteiger partial charge in [0.25, 0.3) is 15.9 Å². The maximum atomic E-state index is 14.2. The van der Waals surface area contributed by atoms with Crippen molar-refractivity contribution >= 4 is 66.5 Å². The van der Waals surface area contributed by atoms with Crippen LogP contribution in [0.3, 0.4) is 0 Å². The van der Waals surface area contributed by atoms with Gasteiger partial charge in [0.05, 0.1) is 32.8 Å². The number of amides is 1. The van der Waals surface area contributed by atoms with Gasteiger partial charge in [0, 0.05) is 74.2 Å². The molecular weight excluding hydrogens is 830 g/mol. The number of rotatable bonds is 11. The standard InChI is InChI=1S/C45H48ClN9O6S/c1-45(2)15-12-31(37(25-45)29-4-6-32(46)7-5-29)27-52-18-20-53(21-19-52)33-8-10-36(39(23-33)54-40-22-30-13-16-47-43(30)49-38(40)26-48-54)44(56)50-62(59,60)35-9-11-42(41(24-35)55(57)58)61-34-14-17-51(3)28-34/h4-11,13,16,22-24,26,34H,12,14-15,17-21,25,27-28H2,1-3H3,(H,47,49)(H,50,56). The molecule has 2 aliphatic heterocycles. The third-order valence-electron chi connectivity index (χ3n) is 12.4. The Morgan fingerprint density at radius 3 is 2.56 bits per heavy atom. The SMILES string of the molecule is CN1CCC(Oc2ccc(S(=O)(=O)NC(=O)c3ccc(N4CCN(CC5=C(c6ccc(Cl)cc6)CC(C)(C)CC5)CC4)cc3-n3ncc4nc5[nH]ccc5cc43)cc2[N+](=O)[O-])C1. The van der Waals surface area contributed by atoms with Crippen molar-refractivity contribution in [3.63, 3.8) is 0 Å². The summed E-state index contributed by atoms with van der Waals surface area (Å²) in [6, 6.07) is 20.7. The lowest BCUT2D eigenvalue weighted by Crippen LogP contribution is -2.47. The molecule has 1 atom stereocenters. The number of ether oxygens (including phenoxy) is 1. The topological polar surface area (TPSA) is 172 Å². The highest BCUT2D eigenvalue weighted by Crippen LogP contribution is 2.43. The second-order valence-corrected chi connectivity index (χ2v) is 19.5. The van der Waals surface area contributed by atoms with Crippen LogP contribution in [0, 0.1) is 15.5 Å². The number of hydrogen-bond acceptors (Lipinski definition) is 11. The molecule has 0 radical (unpaired) electrons. The highest BCUT2D eigenvalue weighted by atomic mass is 35.5. The van der Waals surface area contributed by atoms with Crippen molar-refractivity contribution in [3.05, 3.63) is 117 Å². The van der Waals surface area contributed by atoms with Gasteiger partial charge in [0.15, 0.2) is 5.75 Å². The molecule has 0 bridgehead atoms. The van der Waals surface area contributed by atoms with Gasteiger partial charge in [-0.2, -0.15) is 5.10 Å². The van der Waals surface area contributed by atoms with Gasteiger partial charge in [0.1, 0.15) is 17.3 Å². The number of nitrogens with one attached hydrogen (secondary N) is 2. The van der Waals surface area contributed by atoms with E-state index in [9.17, 15) is 23.3 Å². The number of carbonyl (C=O) groups is 1. The number of piperazine rings is 1. The summed E-state index contributed by atoms with van der Waals surface area (Å²) in [7, 11) is -2.66. The third kappa shape index (κ3) is 8.51. The molecule has 3 aromatic carbocycles. The Balaban J connectivity index is 0.988. The summed E-state index contributed by atoms with van der Waals surface area (Å²) < 4.78 is 37.3. The van der Waals surface area contributed by atoms with Gasteiger partial charge in [-0.3, -0.25) is 19.8 Å². The van der Waals surface area contributed by atoms with Crippen LogP contribution in [0.1, 0.15) is 55.5 Å². The number of halogens is 1. The zero-order valence-corrected chi connectivity index (χ0v) is 36.4. The van der Waals surface area contributed by atoms with E-state index in [0.29, 0.717) is 35.3 Å². The van der Waals surface area contributed by atoms with Crippen molar-refractivity contribution in [2.45, 2.75) is 50.5 Å². The summed E-state index contributed by atoms with van der Waals surface area (Å²) in [5.74, 6) is -0.958. The van der Waals surface area contributed by atoms with E-state index < -0.39 is 31.4 Å². The molecule has 9 rings (SSSR count). The second-order valence-electron chi connectivity index (χ2n) is 17.4. The number of hydrogen-bond donors (Lipinski definition) is 2. The first kappa shape index (κ1) is 41.5. The predicted octanol–water partition coefficient (Wildman–Crippen LogP) is 7.45. The van der Waals surface area contributed by atoms with Gasteiger partial charge in [-0.1, -0.05) is 43.2 Å². The van der Waals surface area contributed by atoms with Crippen LogP contribution in [-0.4, -0.2) is 108 Å². The minimum Gasteiger partial charge on any atom is -0.482 e. The molecule has 1 amide bonds. The molecule has 5 heterocycles. The molecular formula is C45H48ClN9O6S. The van der Waals surface area contributed by atoms with Crippen LogP contribution in [0.25, 0.3) is 33.3 Å². The zero-order valence-electron chi connectivity index (χ0n) is 34.8. The number of nitro groups is 1. The van der Waals surface area contributed by atoms with Crippen LogP contribution in [0.15, 0.2) is 95.7 Å². The molecule has 1 unspecified atom stereocenters. The zero-order chi connectivity index (χ0) is 43.3. The fourth-order valence-corrected chi connectivity index (χ4v) is 10.0. The number of fused-ring (bicyclic) bond motifs is 2. The highest BCUT2D eigenvalue weighted by Gasteiger charge is 2.31. The van der Waals surface area contributed by atoms with Crippen molar-refractivity contribution in [2.24, 2.45) is 5.41 Å². The number of sulfonamides is 1. The van der Waals surface area contributed by atoms with Crippen molar-refractivity contribution in [1.82, 2.24) is 34.3 Å². The normalized spacial score (nSPS) is 18.8. The average Bonchev–Trinajstić information content (AvgIpc) is 4.00. The monoisotopic (exact) mass is 877 g/mol. The van der Waals surface area contributed by atoms with Gasteiger partial charge >= 0.3 is 5.69 Å². The molecule has 3 aromatic heterocycles. The molecule has 15 nitrogen and oxygen atoms in total. The van der Waals surface area contributed by atoms with E-state index in [1.54, 1.807) is 23.1 Å². The number of H-pyrrole nitrogens is 1. The number of nitrogens with zero attached hydrogens (tertiary/aromatic N) is 7. The first-order valence-corrected chi connectivity index (χ1v) is 22.7. The van der Waals surface area contributed by atoms with Crippen molar-refractivity contribution in [3.8, 4) is 11.4 Å². The van der Waals surface area contributed by atoms with E-state index in [2.05, 4.69) is 50.6 Å². The molecule has 3 aliphatic rings. The number of benzene rings is 3. The number of likely N-dealkylation sites (tertiary alicyclic amines) is 1. The van der Waals surface area contributed by atoms with Gasteiger partial charge < -0.3 is 19.5 Å². The molecule has 1 aliphatic carbocycles. The summed E-state index contributed by atoms with van der Waals surface area (Å²) in [6.45, 7) is 10.0. The lowest BCUT2D eigenvalue weighted by Gasteiger charge is -2.39. The van der Waals surface area contributed by atoms with E-state index >= 15 is 0 Å². The number of nitro benzene ring substituents is 1. The molecule has 0 saturated carbocycles. The third-order valence-corrected chi connectivity index (χ3v) is 13.9. The quantitative estimate of drug-likeness (QED) is 0.0979. The van der Waals surface area contributed by atoms with Crippen molar-refractivity contribution < 1.29 is 22.9 Å². The van der Waals surface area contributed by atoms with Crippen LogP contribution < -0.4 is 14.4 Å². The Kier molecular flexibility index (Phi) is 11.0. The lowest BCUT2D eigenvalue weighted by atomic mass is 9.72. The fourth-order valence-electron chi connectivity index (χ4n) is 8.91. The molecule has 62 heavy (non-hydrogen) atoms. The number of allylic oxidation sites excluding steroid dienone is 1. The smallest absolute Gasteiger partial charge is 0.312 e. The predicted molar refractivity (Wildman–Crippen MR) is 240 cm³/mol. The Labute approximate surface area is 364 Å².